The van der Waals surface area contributed by atoms with Crippen molar-refractivity contribution in [3.8, 4) is 0 Å². The molecule has 2 aliphatic rings. The molecule has 0 unspecified atom stereocenters. The number of ether oxygens (including phenoxy) is 1. The van der Waals surface area contributed by atoms with Crippen molar-refractivity contribution >= 4 is 11.7 Å². The SMILES string of the molecule is Cc1ccc(NC(=O)N2CCC3(CC2)COCCN(Cc2cccn2C)C3)cc1. The predicted molar refractivity (Wildman–Crippen MR) is 115 cm³/mol. The molecule has 4 rings (SSSR count). The molecule has 2 aromatic rings. The zero-order valence-electron chi connectivity index (χ0n) is 17.6. The van der Waals surface area contributed by atoms with E-state index in [-0.39, 0.29) is 11.4 Å². The Morgan fingerprint density at radius 2 is 1.90 bits per heavy atom. The highest BCUT2D eigenvalue weighted by molar-refractivity contribution is 5.89. The van der Waals surface area contributed by atoms with E-state index >= 15 is 0 Å². The number of rotatable bonds is 3. The summed E-state index contributed by atoms with van der Waals surface area (Å²) in [5, 5.41) is 3.03. The molecule has 0 aliphatic carbocycles. The Kier molecular flexibility index (Phi) is 5.92. The molecule has 29 heavy (non-hydrogen) atoms. The Morgan fingerprint density at radius 3 is 2.59 bits per heavy atom. The fraction of sp³-hybridized carbons (Fsp3) is 0.522. The molecule has 6 heteroatoms. The van der Waals surface area contributed by atoms with Crippen LogP contribution in [-0.4, -0.2) is 59.8 Å². The number of hydrogen-bond acceptors (Lipinski definition) is 3. The minimum atomic E-state index is -0.00101. The third kappa shape index (κ3) is 4.82. The molecule has 2 saturated heterocycles. The summed E-state index contributed by atoms with van der Waals surface area (Å²) >= 11 is 0. The summed E-state index contributed by atoms with van der Waals surface area (Å²) in [4.78, 5) is 17.1. The first-order chi connectivity index (χ1) is 14.0. The summed E-state index contributed by atoms with van der Waals surface area (Å²) in [5.41, 5.74) is 3.52. The molecule has 6 nitrogen and oxygen atoms in total. The van der Waals surface area contributed by atoms with Gasteiger partial charge in [0.1, 0.15) is 0 Å². The number of aromatic nitrogens is 1. The molecule has 0 atom stereocenters. The highest BCUT2D eigenvalue weighted by atomic mass is 16.5. The molecule has 1 aromatic heterocycles. The van der Waals surface area contributed by atoms with E-state index in [9.17, 15) is 4.79 Å². The Labute approximate surface area is 173 Å². The minimum Gasteiger partial charge on any atom is -0.379 e. The number of nitrogens with zero attached hydrogens (tertiary/aromatic N) is 3. The molecule has 156 valence electrons. The summed E-state index contributed by atoms with van der Waals surface area (Å²) < 4.78 is 8.19. The van der Waals surface area contributed by atoms with Crippen LogP contribution in [0.25, 0.3) is 0 Å². The normalized spacial score (nSPS) is 19.9. The van der Waals surface area contributed by atoms with E-state index in [0.717, 1.165) is 64.5 Å². The van der Waals surface area contributed by atoms with Crippen molar-refractivity contribution in [1.29, 1.82) is 0 Å². The molecule has 3 heterocycles. The lowest BCUT2D eigenvalue weighted by Crippen LogP contribution is -2.49. The first kappa shape index (κ1) is 20.0. The average molecular weight is 397 g/mol. The number of urea groups is 1. The van der Waals surface area contributed by atoms with Gasteiger partial charge in [0.25, 0.3) is 0 Å². The number of anilines is 1. The molecule has 2 amide bonds. The second-order valence-corrected chi connectivity index (χ2v) is 8.66. The number of aryl methyl sites for hydroxylation is 2. The topological polar surface area (TPSA) is 49.7 Å². The lowest BCUT2D eigenvalue weighted by Gasteiger charge is -2.42. The van der Waals surface area contributed by atoms with Gasteiger partial charge >= 0.3 is 6.03 Å². The molecular weight excluding hydrogens is 364 g/mol. The van der Waals surface area contributed by atoms with Gasteiger partial charge in [-0.2, -0.15) is 0 Å². The minimum absolute atomic E-state index is 0.00101. The van der Waals surface area contributed by atoms with Crippen LogP contribution in [0.3, 0.4) is 0 Å². The van der Waals surface area contributed by atoms with E-state index in [4.69, 9.17) is 4.74 Å². The van der Waals surface area contributed by atoms with Gasteiger partial charge in [0, 0.05) is 62.8 Å². The molecule has 1 N–H and O–H groups in total. The smallest absolute Gasteiger partial charge is 0.321 e. The maximum Gasteiger partial charge on any atom is 0.321 e. The summed E-state index contributed by atoms with van der Waals surface area (Å²) in [6, 6.07) is 12.2. The maximum atomic E-state index is 12.7. The lowest BCUT2D eigenvalue weighted by atomic mass is 9.78. The van der Waals surface area contributed by atoms with Crippen LogP contribution >= 0.6 is 0 Å². The standard InChI is InChI=1S/C23H32N4O2/c1-19-5-7-20(8-6-19)24-22(28)27-12-9-23(10-13-27)17-26(14-15-29-18-23)16-21-4-3-11-25(21)2/h3-8,11H,9-10,12-18H2,1-2H3,(H,24,28). The fourth-order valence-electron chi connectivity index (χ4n) is 4.43. The monoisotopic (exact) mass is 396 g/mol. The Bertz CT molecular complexity index is 822. The number of carbonyl (C=O) groups is 1. The van der Waals surface area contributed by atoms with Crippen molar-refractivity contribution in [2.75, 3.05) is 44.7 Å². The Balaban J connectivity index is 1.34. The van der Waals surface area contributed by atoms with E-state index in [0.29, 0.717) is 0 Å². The van der Waals surface area contributed by atoms with Crippen LogP contribution in [0.15, 0.2) is 42.6 Å². The Morgan fingerprint density at radius 1 is 1.14 bits per heavy atom. The molecule has 1 aromatic carbocycles. The van der Waals surface area contributed by atoms with E-state index in [1.807, 2.05) is 36.1 Å². The molecule has 1 spiro atoms. The first-order valence-electron chi connectivity index (χ1n) is 10.6. The highest BCUT2D eigenvalue weighted by Gasteiger charge is 2.39. The number of hydrogen-bond donors (Lipinski definition) is 1. The van der Waals surface area contributed by atoms with Crippen LogP contribution in [0.5, 0.6) is 0 Å². The summed E-state index contributed by atoms with van der Waals surface area (Å²) in [5.74, 6) is 0. The van der Waals surface area contributed by atoms with Crippen molar-refractivity contribution in [2.45, 2.75) is 26.3 Å². The average Bonchev–Trinajstić information content (AvgIpc) is 3.01. The number of nitrogens with one attached hydrogen (secondary N) is 1. The van der Waals surface area contributed by atoms with Gasteiger partial charge in [-0.3, -0.25) is 4.90 Å². The van der Waals surface area contributed by atoms with Gasteiger partial charge in [0.05, 0.1) is 13.2 Å². The lowest BCUT2D eigenvalue weighted by molar-refractivity contribution is 0.0241. The van der Waals surface area contributed by atoms with Crippen molar-refractivity contribution in [3.05, 3.63) is 53.9 Å². The first-order valence-corrected chi connectivity index (χ1v) is 10.6. The van der Waals surface area contributed by atoms with Crippen LogP contribution in [-0.2, 0) is 18.3 Å². The molecule has 0 bridgehead atoms. The molecular formula is C23H32N4O2. The number of carbonyl (C=O) groups excluding carboxylic acids is 1. The fourth-order valence-corrected chi connectivity index (χ4v) is 4.43. The summed E-state index contributed by atoms with van der Waals surface area (Å²) in [6.07, 6.45) is 4.07. The molecule has 0 radical (unpaired) electrons. The van der Waals surface area contributed by atoms with Crippen LogP contribution in [0.1, 0.15) is 24.1 Å². The van der Waals surface area contributed by atoms with Crippen LogP contribution in [0, 0.1) is 12.3 Å². The zero-order valence-corrected chi connectivity index (χ0v) is 17.6. The zero-order chi connectivity index (χ0) is 20.3. The van der Waals surface area contributed by atoms with Crippen molar-refractivity contribution in [2.24, 2.45) is 12.5 Å². The summed E-state index contributed by atoms with van der Waals surface area (Å²) in [7, 11) is 2.10. The van der Waals surface area contributed by atoms with Gasteiger partial charge in [0.2, 0.25) is 0 Å². The van der Waals surface area contributed by atoms with Gasteiger partial charge in [-0.25, -0.2) is 4.79 Å². The van der Waals surface area contributed by atoms with E-state index in [1.54, 1.807) is 0 Å². The van der Waals surface area contributed by atoms with Gasteiger partial charge in [0.15, 0.2) is 0 Å². The quantitative estimate of drug-likeness (QED) is 0.864. The second kappa shape index (κ2) is 8.59. The maximum absolute atomic E-state index is 12.7. The van der Waals surface area contributed by atoms with Gasteiger partial charge < -0.3 is 19.5 Å². The van der Waals surface area contributed by atoms with E-state index < -0.39 is 0 Å². The summed E-state index contributed by atoms with van der Waals surface area (Å²) in [6.45, 7) is 8.12. The Hall–Kier alpha value is -2.31. The van der Waals surface area contributed by atoms with Crippen LogP contribution in [0.2, 0.25) is 0 Å². The third-order valence-corrected chi connectivity index (χ3v) is 6.37. The third-order valence-electron chi connectivity index (χ3n) is 6.37. The number of likely N-dealkylation sites (tertiary alicyclic amines) is 1. The van der Waals surface area contributed by atoms with Crippen molar-refractivity contribution in [1.82, 2.24) is 14.4 Å². The van der Waals surface area contributed by atoms with Gasteiger partial charge in [-0.15, -0.1) is 0 Å². The predicted octanol–water partition coefficient (Wildman–Crippen LogP) is 3.48. The van der Waals surface area contributed by atoms with Gasteiger partial charge in [-0.1, -0.05) is 17.7 Å². The van der Waals surface area contributed by atoms with Crippen LogP contribution < -0.4 is 5.32 Å². The highest BCUT2D eigenvalue weighted by Crippen LogP contribution is 2.35. The van der Waals surface area contributed by atoms with Crippen LogP contribution in [0.4, 0.5) is 10.5 Å². The van der Waals surface area contributed by atoms with Gasteiger partial charge in [-0.05, 0) is 44.0 Å². The number of benzene rings is 1. The largest absolute Gasteiger partial charge is 0.379 e. The van der Waals surface area contributed by atoms with Crippen molar-refractivity contribution < 1.29 is 9.53 Å². The second-order valence-electron chi connectivity index (χ2n) is 8.66. The molecule has 0 saturated carbocycles. The van der Waals surface area contributed by atoms with E-state index in [1.165, 1.54) is 11.3 Å². The van der Waals surface area contributed by atoms with Crippen molar-refractivity contribution in [3.63, 3.8) is 0 Å². The molecule has 2 aliphatic heterocycles. The number of amides is 2. The number of piperidine rings is 1. The molecule has 2 fully saturated rings. The van der Waals surface area contributed by atoms with E-state index in [2.05, 4.69) is 40.2 Å².